The topological polar surface area (TPSA) is 38.1 Å². The molecule has 1 heterocycles. The van der Waals surface area contributed by atoms with E-state index in [-0.39, 0.29) is 5.91 Å². The Morgan fingerprint density at radius 2 is 1.79 bits per heavy atom. The average molecular weight is 453 g/mol. The largest absolute Gasteiger partial charge is 0.331 e. The van der Waals surface area contributed by atoms with Crippen molar-refractivity contribution in [1.29, 1.82) is 0 Å². The second-order valence-corrected chi connectivity index (χ2v) is 8.80. The summed E-state index contributed by atoms with van der Waals surface area (Å²) in [6, 6.07) is 10.6. The number of carbonyl (C=O) groups excluding carboxylic acids is 1. The third-order valence-electron chi connectivity index (χ3n) is 4.60. The molecule has 0 unspecified atom stereocenters. The van der Waals surface area contributed by atoms with Crippen molar-refractivity contribution in [3.05, 3.63) is 62.9 Å². The van der Waals surface area contributed by atoms with Gasteiger partial charge in [0.25, 0.3) is 5.91 Å². The fraction of sp³-hybridized carbons (Fsp3) is 0.364. The van der Waals surface area contributed by atoms with E-state index < -0.39 is 0 Å². The molecular formula is C22H24Cl3N3O. The summed E-state index contributed by atoms with van der Waals surface area (Å²) in [5, 5.41) is 1.53. The molecule has 0 N–H and O–H groups in total. The number of nitrogens with zero attached hydrogens (tertiary/aromatic N) is 3. The molecule has 0 saturated carbocycles. The Labute approximate surface area is 186 Å². The minimum absolute atomic E-state index is 0.131. The maximum absolute atomic E-state index is 13.3. The van der Waals surface area contributed by atoms with E-state index in [0.717, 1.165) is 29.8 Å². The zero-order chi connectivity index (χ0) is 21.1. The molecule has 0 aliphatic rings. The summed E-state index contributed by atoms with van der Waals surface area (Å²) >= 11 is 18.5. The van der Waals surface area contributed by atoms with Gasteiger partial charge in [0.15, 0.2) is 0 Å². The normalized spacial score (nSPS) is 11.4. The molecule has 3 rings (SSSR count). The number of hydrogen-bond donors (Lipinski definition) is 0. The summed E-state index contributed by atoms with van der Waals surface area (Å²) in [4.78, 5) is 19.9. The van der Waals surface area contributed by atoms with Crippen molar-refractivity contribution in [2.24, 2.45) is 5.92 Å². The van der Waals surface area contributed by atoms with Crippen molar-refractivity contribution in [2.45, 2.75) is 40.3 Å². The lowest BCUT2D eigenvalue weighted by molar-refractivity contribution is 0.0716. The molecule has 29 heavy (non-hydrogen) atoms. The van der Waals surface area contributed by atoms with Crippen LogP contribution in [0.15, 0.2) is 36.4 Å². The molecule has 2 aromatic carbocycles. The van der Waals surface area contributed by atoms with Gasteiger partial charge in [0, 0.05) is 23.1 Å². The average Bonchev–Trinajstić information content (AvgIpc) is 2.97. The van der Waals surface area contributed by atoms with Crippen LogP contribution in [0.2, 0.25) is 15.1 Å². The first-order valence-electron chi connectivity index (χ1n) is 9.69. The molecular weight excluding hydrogens is 429 g/mol. The first kappa shape index (κ1) is 21.9. The van der Waals surface area contributed by atoms with Crippen molar-refractivity contribution in [2.75, 3.05) is 6.54 Å². The number of hydrogen-bond acceptors (Lipinski definition) is 2. The van der Waals surface area contributed by atoms with Gasteiger partial charge in [-0.15, -0.1) is 0 Å². The fourth-order valence-corrected chi connectivity index (χ4v) is 4.06. The molecule has 3 aromatic rings. The summed E-state index contributed by atoms with van der Waals surface area (Å²) in [6.07, 6.45) is 0.951. The number of benzene rings is 2. The van der Waals surface area contributed by atoms with E-state index in [9.17, 15) is 4.79 Å². The van der Waals surface area contributed by atoms with Crippen LogP contribution in [-0.2, 0) is 13.1 Å². The highest BCUT2D eigenvalue weighted by molar-refractivity contribution is 6.36. The maximum Gasteiger partial charge on any atom is 0.255 e. The number of aryl methyl sites for hydroxylation is 1. The van der Waals surface area contributed by atoms with Crippen molar-refractivity contribution >= 4 is 51.7 Å². The van der Waals surface area contributed by atoms with Crippen molar-refractivity contribution in [3.63, 3.8) is 0 Å². The summed E-state index contributed by atoms with van der Waals surface area (Å²) in [5.74, 6) is 1.00. The molecule has 1 amide bonds. The lowest BCUT2D eigenvalue weighted by Crippen LogP contribution is -2.35. The predicted molar refractivity (Wildman–Crippen MR) is 121 cm³/mol. The van der Waals surface area contributed by atoms with Crippen molar-refractivity contribution in [3.8, 4) is 0 Å². The van der Waals surface area contributed by atoms with E-state index in [2.05, 4.69) is 25.3 Å². The van der Waals surface area contributed by atoms with Gasteiger partial charge in [0.05, 0.1) is 28.2 Å². The van der Waals surface area contributed by atoms with Crippen LogP contribution >= 0.6 is 34.8 Å². The Hall–Kier alpha value is -1.75. The Morgan fingerprint density at radius 3 is 2.45 bits per heavy atom. The molecule has 4 nitrogen and oxygen atoms in total. The molecule has 1 aromatic heterocycles. The number of halogens is 3. The predicted octanol–water partition coefficient (Wildman–Crippen LogP) is 6.70. The van der Waals surface area contributed by atoms with Gasteiger partial charge >= 0.3 is 0 Å². The van der Waals surface area contributed by atoms with Gasteiger partial charge in [0.1, 0.15) is 5.82 Å². The van der Waals surface area contributed by atoms with Gasteiger partial charge in [-0.05, 0) is 48.7 Å². The summed E-state index contributed by atoms with van der Waals surface area (Å²) in [6.45, 7) is 8.06. The van der Waals surface area contributed by atoms with E-state index in [4.69, 9.17) is 39.8 Å². The van der Waals surface area contributed by atoms with Crippen LogP contribution in [-0.4, -0.2) is 26.9 Å². The van der Waals surface area contributed by atoms with Gasteiger partial charge in [0.2, 0.25) is 0 Å². The Balaban J connectivity index is 2.00. The number of fused-ring (bicyclic) bond motifs is 1. The zero-order valence-electron chi connectivity index (χ0n) is 16.8. The fourth-order valence-electron chi connectivity index (χ4n) is 3.40. The lowest BCUT2D eigenvalue weighted by atomic mass is 10.1. The SMILES string of the molecule is CCCn1c(CN(CC(C)C)C(=O)c2ccc(Cl)cc2Cl)nc2ccc(Cl)cc21. The number of rotatable bonds is 7. The summed E-state index contributed by atoms with van der Waals surface area (Å²) in [5.41, 5.74) is 2.30. The smallest absolute Gasteiger partial charge is 0.255 e. The molecule has 0 radical (unpaired) electrons. The maximum atomic E-state index is 13.3. The van der Waals surface area contributed by atoms with Crippen LogP contribution in [0, 0.1) is 5.92 Å². The second-order valence-electron chi connectivity index (χ2n) is 7.52. The molecule has 0 aliphatic heterocycles. The zero-order valence-corrected chi connectivity index (χ0v) is 19.0. The van der Waals surface area contributed by atoms with Crippen LogP contribution < -0.4 is 0 Å². The number of carbonyl (C=O) groups is 1. The lowest BCUT2D eigenvalue weighted by Gasteiger charge is -2.25. The highest BCUT2D eigenvalue weighted by atomic mass is 35.5. The molecule has 0 spiro atoms. The van der Waals surface area contributed by atoms with Crippen LogP contribution in [0.5, 0.6) is 0 Å². The van der Waals surface area contributed by atoms with E-state index in [0.29, 0.717) is 39.6 Å². The standard InChI is InChI=1S/C22H24Cl3N3O/c1-4-9-28-20-11-16(24)6-8-19(20)26-21(28)13-27(12-14(2)3)22(29)17-7-5-15(23)10-18(17)25/h5-8,10-11,14H,4,9,12-13H2,1-3H3. The van der Waals surface area contributed by atoms with Gasteiger partial charge in [-0.3, -0.25) is 4.79 Å². The van der Waals surface area contributed by atoms with E-state index in [1.807, 2.05) is 18.2 Å². The molecule has 0 aliphatic carbocycles. The minimum Gasteiger partial charge on any atom is -0.331 e. The molecule has 154 valence electrons. The second kappa shape index (κ2) is 9.38. The molecule has 0 fully saturated rings. The van der Waals surface area contributed by atoms with Gasteiger partial charge in [-0.1, -0.05) is 55.6 Å². The molecule has 0 bridgehead atoms. The van der Waals surface area contributed by atoms with Crippen LogP contribution in [0.25, 0.3) is 11.0 Å². The van der Waals surface area contributed by atoms with Gasteiger partial charge in [-0.25, -0.2) is 4.98 Å². The van der Waals surface area contributed by atoms with Crippen LogP contribution in [0.3, 0.4) is 0 Å². The first-order valence-corrected chi connectivity index (χ1v) is 10.8. The number of aromatic nitrogens is 2. The number of amides is 1. The van der Waals surface area contributed by atoms with Gasteiger partial charge in [-0.2, -0.15) is 0 Å². The Morgan fingerprint density at radius 1 is 1.10 bits per heavy atom. The van der Waals surface area contributed by atoms with Crippen molar-refractivity contribution in [1.82, 2.24) is 14.5 Å². The van der Waals surface area contributed by atoms with E-state index in [1.54, 1.807) is 23.1 Å². The third kappa shape index (κ3) is 5.06. The van der Waals surface area contributed by atoms with E-state index >= 15 is 0 Å². The van der Waals surface area contributed by atoms with E-state index in [1.165, 1.54) is 0 Å². The monoisotopic (exact) mass is 451 g/mol. The van der Waals surface area contributed by atoms with Crippen LogP contribution in [0.4, 0.5) is 0 Å². The Bertz CT molecular complexity index is 1030. The molecule has 0 atom stereocenters. The highest BCUT2D eigenvalue weighted by Crippen LogP contribution is 2.25. The Kier molecular flexibility index (Phi) is 7.10. The van der Waals surface area contributed by atoms with Crippen LogP contribution in [0.1, 0.15) is 43.4 Å². The third-order valence-corrected chi connectivity index (χ3v) is 5.39. The number of imidazole rings is 1. The van der Waals surface area contributed by atoms with Crippen molar-refractivity contribution < 1.29 is 4.79 Å². The quantitative estimate of drug-likeness (QED) is 0.400. The highest BCUT2D eigenvalue weighted by Gasteiger charge is 2.22. The first-order chi connectivity index (χ1) is 13.8. The molecule has 7 heteroatoms. The van der Waals surface area contributed by atoms with Gasteiger partial charge < -0.3 is 9.47 Å². The summed E-state index contributed by atoms with van der Waals surface area (Å²) < 4.78 is 2.14. The minimum atomic E-state index is -0.131. The molecule has 0 saturated heterocycles. The summed E-state index contributed by atoms with van der Waals surface area (Å²) in [7, 11) is 0.